The summed E-state index contributed by atoms with van der Waals surface area (Å²) < 4.78 is 5.56. The fraction of sp³-hybridized carbons (Fsp3) is 0.562. The third kappa shape index (κ3) is 3.97. The molecule has 1 unspecified atom stereocenters. The minimum atomic E-state index is -0.104. The molecule has 0 saturated carbocycles. The lowest BCUT2D eigenvalue weighted by Gasteiger charge is -2.38. The van der Waals surface area contributed by atoms with Gasteiger partial charge in [0.15, 0.2) is 0 Å². The molecule has 4 heteroatoms. The number of para-hydroxylation sites is 1. The molecule has 1 aromatic rings. The SMILES string of the molecule is CC1(C)CCCNC1C(=O)NCCOc1ccccc1. The normalized spacial score (nSPS) is 21.2. The second-order valence-corrected chi connectivity index (χ2v) is 5.93. The van der Waals surface area contributed by atoms with E-state index in [1.165, 1.54) is 0 Å². The van der Waals surface area contributed by atoms with Crippen molar-refractivity contribution in [2.24, 2.45) is 5.41 Å². The van der Waals surface area contributed by atoms with E-state index >= 15 is 0 Å². The van der Waals surface area contributed by atoms with Gasteiger partial charge in [0.1, 0.15) is 12.4 Å². The number of rotatable bonds is 5. The second kappa shape index (κ2) is 6.75. The Morgan fingerprint density at radius 3 is 2.85 bits per heavy atom. The Morgan fingerprint density at radius 2 is 2.15 bits per heavy atom. The minimum Gasteiger partial charge on any atom is -0.492 e. The van der Waals surface area contributed by atoms with Gasteiger partial charge in [-0.1, -0.05) is 32.0 Å². The number of amides is 1. The molecular formula is C16H24N2O2. The van der Waals surface area contributed by atoms with Crippen molar-refractivity contribution < 1.29 is 9.53 Å². The first kappa shape index (κ1) is 14.9. The number of piperidine rings is 1. The fourth-order valence-corrected chi connectivity index (χ4v) is 2.62. The highest BCUT2D eigenvalue weighted by molar-refractivity contribution is 5.82. The minimum absolute atomic E-state index is 0.0165. The van der Waals surface area contributed by atoms with Gasteiger partial charge in [0, 0.05) is 0 Å². The van der Waals surface area contributed by atoms with Gasteiger partial charge in [-0.2, -0.15) is 0 Å². The summed E-state index contributed by atoms with van der Waals surface area (Å²) in [5.74, 6) is 0.907. The van der Waals surface area contributed by atoms with E-state index in [-0.39, 0.29) is 17.4 Å². The van der Waals surface area contributed by atoms with Gasteiger partial charge in [0.05, 0.1) is 12.6 Å². The average Bonchev–Trinajstić information content (AvgIpc) is 2.44. The number of carbonyl (C=O) groups excluding carboxylic acids is 1. The van der Waals surface area contributed by atoms with Crippen LogP contribution in [0.2, 0.25) is 0 Å². The number of nitrogens with one attached hydrogen (secondary N) is 2. The van der Waals surface area contributed by atoms with E-state index in [1.807, 2.05) is 30.3 Å². The maximum absolute atomic E-state index is 12.2. The van der Waals surface area contributed by atoms with Crippen LogP contribution in [0.1, 0.15) is 26.7 Å². The molecule has 1 fully saturated rings. The molecule has 0 aliphatic carbocycles. The van der Waals surface area contributed by atoms with E-state index in [9.17, 15) is 4.79 Å². The van der Waals surface area contributed by atoms with Gasteiger partial charge in [0.25, 0.3) is 0 Å². The maximum Gasteiger partial charge on any atom is 0.237 e. The quantitative estimate of drug-likeness (QED) is 0.808. The predicted octanol–water partition coefficient (Wildman–Crippen LogP) is 1.96. The van der Waals surface area contributed by atoms with Crippen LogP contribution in [-0.2, 0) is 4.79 Å². The zero-order chi connectivity index (χ0) is 14.4. The topological polar surface area (TPSA) is 50.4 Å². The number of ether oxygens (including phenoxy) is 1. The summed E-state index contributed by atoms with van der Waals surface area (Å²) >= 11 is 0. The molecule has 1 aliphatic heterocycles. The first-order chi connectivity index (χ1) is 9.59. The van der Waals surface area contributed by atoms with Crippen LogP contribution in [0.5, 0.6) is 5.75 Å². The summed E-state index contributed by atoms with van der Waals surface area (Å²) in [4.78, 5) is 12.2. The van der Waals surface area contributed by atoms with Crippen molar-refractivity contribution in [2.75, 3.05) is 19.7 Å². The lowest BCUT2D eigenvalue weighted by atomic mass is 9.77. The smallest absolute Gasteiger partial charge is 0.237 e. The molecule has 1 amide bonds. The Kier molecular flexibility index (Phi) is 5.01. The van der Waals surface area contributed by atoms with E-state index in [2.05, 4.69) is 24.5 Å². The van der Waals surface area contributed by atoms with E-state index in [4.69, 9.17) is 4.74 Å². The highest BCUT2D eigenvalue weighted by Crippen LogP contribution is 2.29. The molecular weight excluding hydrogens is 252 g/mol. The predicted molar refractivity (Wildman–Crippen MR) is 79.8 cm³/mol. The first-order valence-corrected chi connectivity index (χ1v) is 7.28. The fourth-order valence-electron chi connectivity index (χ4n) is 2.62. The molecule has 1 atom stereocenters. The van der Waals surface area contributed by atoms with Crippen molar-refractivity contribution in [1.29, 1.82) is 0 Å². The Morgan fingerprint density at radius 1 is 1.40 bits per heavy atom. The van der Waals surface area contributed by atoms with Crippen molar-refractivity contribution in [3.63, 3.8) is 0 Å². The Balaban J connectivity index is 1.72. The van der Waals surface area contributed by atoms with Crippen LogP contribution in [0.4, 0.5) is 0 Å². The van der Waals surface area contributed by atoms with Crippen molar-refractivity contribution >= 4 is 5.91 Å². The van der Waals surface area contributed by atoms with Crippen LogP contribution in [-0.4, -0.2) is 31.6 Å². The van der Waals surface area contributed by atoms with Gasteiger partial charge in [0.2, 0.25) is 5.91 Å². The zero-order valence-electron chi connectivity index (χ0n) is 12.3. The van der Waals surface area contributed by atoms with Gasteiger partial charge < -0.3 is 15.4 Å². The monoisotopic (exact) mass is 276 g/mol. The van der Waals surface area contributed by atoms with Crippen molar-refractivity contribution in [2.45, 2.75) is 32.7 Å². The molecule has 20 heavy (non-hydrogen) atoms. The number of hydrogen-bond donors (Lipinski definition) is 2. The number of carbonyl (C=O) groups is 1. The summed E-state index contributed by atoms with van der Waals surface area (Å²) in [7, 11) is 0. The van der Waals surface area contributed by atoms with Gasteiger partial charge in [-0.3, -0.25) is 4.79 Å². The molecule has 110 valence electrons. The maximum atomic E-state index is 12.2. The van der Waals surface area contributed by atoms with E-state index in [0.717, 1.165) is 25.1 Å². The van der Waals surface area contributed by atoms with Gasteiger partial charge in [-0.15, -0.1) is 0 Å². The van der Waals surface area contributed by atoms with Crippen molar-refractivity contribution in [3.8, 4) is 5.75 Å². The van der Waals surface area contributed by atoms with Crippen molar-refractivity contribution in [1.82, 2.24) is 10.6 Å². The van der Waals surface area contributed by atoms with E-state index < -0.39 is 0 Å². The Hall–Kier alpha value is -1.55. The molecule has 4 nitrogen and oxygen atoms in total. The summed E-state index contributed by atoms with van der Waals surface area (Å²) in [5, 5.41) is 6.27. The van der Waals surface area contributed by atoms with Crippen LogP contribution >= 0.6 is 0 Å². The molecule has 1 saturated heterocycles. The molecule has 0 radical (unpaired) electrons. The third-order valence-corrected chi connectivity index (χ3v) is 3.80. The first-order valence-electron chi connectivity index (χ1n) is 7.28. The third-order valence-electron chi connectivity index (χ3n) is 3.80. The summed E-state index contributed by atoms with van der Waals surface area (Å²) in [6, 6.07) is 9.53. The van der Waals surface area contributed by atoms with Gasteiger partial charge in [-0.05, 0) is 36.9 Å². The van der Waals surface area contributed by atoms with Crippen molar-refractivity contribution in [3.05, 3.63) is 30.3 Å². The lowest BCUT2D eigenvalue weighted by molar-refractivity contribution is -0.126. The molecule has 0 aromatic heterocycles. The summed E-state index contributed by atoms with van der Waals surface area (Å²) in [6.07, 6.45) is 2.21. The largest absolute Gasteiger partial charge is 0.492 e. The summed E-state index contributed by atoms with van der Waals surface area (Å²) in [6.45, 7) is 6.22. The summed E-state index contributed by atoms with van der Waals surface area (Å²) in [5.41, 5.74) is 0.0165. The molecule has 1 aromatic carbocycles. The lowest BCUT2D eigenvalue weighted by Crippen LogP contribution is -2.55. The average molecular weight is 276 g/mol. The Labute approximate surface area is 120 Å². The van der Waals surface area contributed by atoms with Gasteiger partial charge in [-0.25, -0.2) is 0 Å². The van der Waals surface area contributed by atoms with Crippen LogP contribution in [0.25, 0.3) is 0 Å². The van der Waals surface area contributed by atoms with Crippen LogP contribution in [0.3, 0.4) is 0 Å². The van der Waals surface area contributed by atoms with Crippen LogP contribution < -0.4 is 15.4 Å². The highest BCUT2D eigenvalue weighted by Gasteiger charge is 2.36. The zero-order valence-corrected chi connectivity index (χ0v) is 12.3. The molecule has 0 spiro atoms. The molecule has 1 heterocycles. The van der Waals surface area contributed by atoms with E-state index in [0.29, 0.717) is 13.2 Å². The van der Waals surface area contributed by atoms with Crippen LogP contribution in [0, 0.1) is 5.41 Å². The Bertz CT molecular complexity index is 431. The standard InChI is InChI=1S/C16H24N2O2/c1-16(2)9-6-10-17-14(16)15(19)18-11-12-20-13-7-4-3-5-8-13/h3-5,7-8,14,17H,6,9-12H2,1-2H3,(H,18,19). The highest BCUT2D eigenvalue weighted by atomic mass is 16.5. The molecule has 0 bridgehead atoms. The van der Waals surface area contributed by atoms with Gasteiger partial charge >= 0.3 is 0 Å². The van der Waals surface area contributed by atoms with E-state index in [1.54, 1.807) is 0 Å². The molecule has 2 N–H and O–H groups in total. The molecule has 2 rings (SSSR count). The molecule has 1 aliphatic rings. The van der Waals surface area contributed by atoms with Crippen LogP contribution in [0.15, 0.2) is 30.3 Å². The number of benzene rings is 1. The second-order valence-electron chi connectivity index (χ2n) is 5.93. The number of hydrogen-bond acceptors (Lipinski definition) is 3.